The van der Waals surface area contributed by atoms with Crippen molar-refractivity contribution in [2.24, 2.45) is 0 Å². The van der Waals surface area contributed by atoms with E-state index in [2.05, 4.69) is 0 Å². The molecule has 1 aliphatic heterocycles. The summed E-state index contributed by atoms with van der Waals surface area (Å²) in [5.41, 5.74) is 2.34. The van der Waals surface area contributed by atoms with Crippen LogP contribution in [0.4, 0.5) is 0 Å². The first-order chi connectivity index (χ1) is 16.0. The summed E-state index contributed by atoms with van der Waals surface area (Å²) in [6.45, 7) is 0.917. The van der Waals surface area contributed by atoms with Gasteiger partial charge in [0.1, 0.15) is 24.7 Å². The van der Waals surface area contributed by atoms with Crippen LogP contribution in [0.15, 0.2) is 77.7 Å². The van der Waals surface area contributed by atoms with Crippen LogP contribution in [-0.2, 0) is 27.7 Å². The number of benzene rings is 3. The molecule has 0 saturated heterocycles. The summed E-state index contributed by atoms with van der Waals surface area (Å²) in [5.74, 6) is 0.745. The van der Waals surface area contributed by atoms with E-state index < -0.39 is 16.0 Å². The van der Waals surface area contributed by atoms with Gasteiger partial charge in [-0.25, -0.2) is 13.2 Å². The summed E-state index contributed by atoms with van der Waals surface area (Å²) in [5, 5.41) is 0. The third-order valence-corrected chi connectivity index (χ3v) is 7.29. The smallest absolute Gasteiger partial charge is 0.338 e. The van der Waals surface area contributed by atoms with Crippen molar-refractivity contribution in [3.63, 3.8) is 0 Å². The quantitative estimate of drug-likeness (QED) is 0.371. The number of hydrogen-bond acceptors (Lipinski definition) is 6. The molecule has 33 heavy (non-hydrogen) atoms. The lowest BCUT2D eigenvalue weighted by Crippen LogP contribution is -2.36. The van der Waals surface area contributed by atoms with Gasteiger partial charge in [0, 0.05) is 13.1 Å². The fourth-order valence-corrected chi connectivity index (χ4v) is 5.12. The van der Waals surface area contributed by atoms with Gasteiger partial charge in [-0.05, 0) is 60.0 Å². The zero-order valence-corrected chi connectivity index (χ0v) is 19.1. The van der Waals surface area contributed by atoms with E-state index in [4.69, 9.17) is 14.2 Å². The summed E-state index contributed by atoms with van der Waals surface area (Å²) in [6, 6.07) is 20.8. The third kappa shape index (κ3) is 5.35. The van der Waals surface area contributed by atoms with Gasteiger partial charge in [-0.2, -0.15) is 4.31 Å². The molecule has 0 atom stereocenters. The van der Waals surface area contributed by atoms with Gasteiger partial charge >= 0.3 is 5.97 Å². The minimum atomic E-state index is -3.74. The summed E-state index contributed by atoms with van der Waals surface area (Å²) < 4.78 is 43.7. The number of carbonyl (C=O) groups is 1. The van der Waals surface area contributed by atoms with Crippen molar-refractivity contribution in [2.75, 3.05) is 26.9 Å². The third-order valence-electron chi connectivity index (χ3n) is 5.45. The molecular formula is C25H25NO6S. The average molecular weight is 468 g/mol. The Labute approximate surface area is 193 Å². The molecule has 0 N–H and O–H groups in total. The maximum Gasteiger partial charge on any atom is 0.338 e. The molecule has 0 spiro atoms. The number of hydrogen-bond donors (Lipinski definition) is 0. The van der Waals surface area contributed by atoms with Crippen molar-refractivity contribution in [3.8, 4) is 11.5 Å². The van der Waals surface area contributed by atoms with Crippen molar-refractivity contribution < 1.29 is 27.4 Å². The van der Waals surface area contributed by atoms with Gasteiger partial charge in [0.15, 0.2) is 0 Å². The van der Waals surface area contributed by atoms with Crippen LogP contribution in [0.2, 0.25) is 0 Å². The Kier molecular flexibility index (Phi) is 6.96. The first-order valence-corrected chi connectivity index (χ1v) is 12.0. The molecule has 172 valence electrons. The molecule has 4 rings (SSSR count). The molecule has 0 aromatic heterocycles. The fraction of sp³-hybridized carbons (Fsp3) is 0.240. The van der Waals surface area contributed by atoms with E-state index in [0.29, 0.717) is 25.3 Å². The zero-order chi connectivity index (χ0) is 23.3. The second kappa shape index (κ2) is 10.1. The highest BCUT2D eigenvalue weighted by molar-refractivity contribution is 7.89. The molecular weight excluding hydrogens is 442 g/mol. The summed E-state index contributed by atoms with van der Waals surface area (Å²) in [7, 11) is -2.15. The number of sulfonamides is 1. The summed E-state index contributed by atoms with van der Waals surface area (Å²) >= 11 is 0. The van der Waals surface area contributed by atoms with Crippen molar-refractivity contribution in [3.05, 3.63) is 89.5 Å². The highest BCUT2D eigenvalue weighted by Gasteiger charge is 2.28. The number of esters is 1. The largest absolute Gasteiger partial charge is 0.497 e. The lowest BCUT2D eigenvalue weighted by Gasteiger charge is -2.28. The molecule has 0 fully saturated rings. The van der Waals surface area contributed by atoms with Crippen molar-refractivity contribution in [1.29, 1.82) is 0 Å². The van der Waals surface area contributed by atoms with Crippen LogP contribution < -0.4 is 9.47 Å². The van der Waals surface area contributed by atoms with Gasteiger partial charge in [-0.15, -0.1) is 0 Å². The topological polar surface area (TPSA) is 82.1 Å². The minimum absolute atomic E-state index is 0.0325. The summed E-state index contributed by atoms with van der Waals surface area (Å²) in [6.07, 6.45) is 0.658. The van der Waals surface area contributed by atoms with Crippen molar-refractivity contribution in [1.82, 2.24) is 4.31 Å². The molecule has 0 aliphatic carbocycles. The molecule has 0 amide bonds. The fourth-order valence-electron chi connectivity index (χ4n) is 3.66. The van der Waals surface area contributed by atoms with Gasteiger partial charge in [-0.1, -0.05) is 30.3 Å². The predicted molar refractivity (Wildman–Crippen MR) is 123 cm³/mol. The Bertz CT molecular complexity index is 1220. The molecule has 0 unspecified atom stereocenters. The van der Waals surface area contributed by atoms with Crippen LogP contribution in [0.1, 0.15) is 21.5 Å². The number of fused-ring (bicyclic) bond motifs is 1. The number of ether oxygens (including phenoxy) is 3. The SMILES string of the molecule is COc1ccc(OCCOC(=O)c2cccc(S(=O)(=O)N3CCc4ccccc4C3)c2)cc1. The molecule has 3 aromatic carbocycles. The number of nitrogens with zero attached hydrogens (tertiary/aromatic N) is 1. The molecule has 0 saturated carbocycles. The van der Waals surface area contributed by atoms with Crippen LogP contribution in [0, 0.1) is 0 Å². The van der Waals surface area contributed by atoms with Crippen molar-refractivity contribution >= 4 is 16.0 Å². The standard InChI is InChI=1S/C25H25NO6S/c1-30-22-9-11-23(12-10-22)31-15-16-32-25(27)20-7-4-8-24(17-20)33(28,29)26-14-13-19-5-2-3-6-21(19)18-26/h2-12,17H,13-16,18H2,1H3. The molecule has 0 bridgehead atoms. The highest BCUT2D eigenvalue weighted by atomic mass is 32.2. The van der Waals surface area contributed by atoms with E-state index in [1.807, 2.05) is 24.3 Å². The number of rotatable bonds is 8. The maximum absolute atomic E-state index is 13.2. The maximum atomic E-state index is 13.2. The summed E-state index contributed by atoms with van der Waals surface area (Å²) in [4.78, 5) is 12.5. The number of methoxy groups -OCH3 is 1. The Morgan fingerprint density at radius 2 is 1.64 bits per heavy atom. The van der Waals surface area contributed by atoms with E-state index in [1.165, 1.54) is 22.5 Å². The molecule has 1 aliphatic rings. The second-order valence-corrected chi connectivity index (χ2v) is 9.48. The monoisotopic (exact) mass is 467 g/mol. The number of carbonyl (C=O) groups excluding carboxylic acids is 1. The van der Waals surface area contributed by atoms with Crippen LogP contribution in [-0.4, -0.2) is 45.6 Å². The predicted octanol–water partition coefficient (Wildman–Crippen LogP) is 3.68. The van der Waals surface area contributed by atoms with Gasteiger partial charge in [0.25, 0.3) is 0 Å². The van der Waals surface area contributed by atoms with E-state index in [1.54, 1.807) is 37.4 Å². The Hall–Kier alpha value is -3.36. The molecule has 3 aromatic rings. The second-order valence-electron chi connectivity index (χ2n) is 7.55. The van der Waals surface area contributed by atoms with Crippen LogP contribution in [0.25, 0.3) is 0 Å². The Balaban J connectivity index is 1.36. The van der Waals surface area contributed by atoms with E-state index in [0.717, 1.165) is 16.9 Å². The minimum Gasteiger partial charge on any atom is -0.497 e. The van der Waals surface area contributed by atoms with E-state index in [9.17, 15) is 13.2 Å². The Morgan fingerprint density at radius 3 is 2.39 bits per heavy atom. The van der Waals surface area contributed by atoms with Crippen LogP contribution >= 0.6 is 0 Å². The lowest BCUT2D eigenvalue weighted by molar-refractivity contribution is 0.0450. The van der Waals surface area contributed by atoms with Crippen LogP contribution in [0.5, 0.6) is 11.5 Å². The molecule has 1 heterocycles. The van der Waals surface area contributed by atoms with E-state index >= 15 is 0 Å². The van der Waals surface area contributed by atoms with E-state index in [-0.39, 0.29) is 23.7 Å². The van der Waals surface area contributed by atoms with Crippen molar-refractivity contribution in [2.45, 2.75) is 17.9 Å². The zero-order valence-electron chi connectivity index (χ0n) is 18.3. The normalized spacial score (nSPS) is 13.7. The lowest BCUT2D eigenvalue weighted by atomic mass is 10.0. The first kappa shape index (κ1) is 22.8. The van der Waals surface area contributed by atoms with Gasteiger partial charge < -0.3 is 14.2 Å². The Morgan fingerprint density at radius 1 is 0.909 bits per heavy atom. The van der Waals surface area contributed by atoms with Gasteiger partial charge in [0.2, 0.25) is 10.0 Å². The molecule has 7 nitrogen and oxygen atoms in total. The van der Waals surface area contributed by atoms with Gasteiger partial charge in [0.05, 0.1) is 17.6 Å². The van der Waals surface area contributed by atoms with Crippen LogP contribution in [0.3, 0.4) is 0 Å². The van der Waals surface area contributed by atoms with Gasteiger partial charge in [-0.3, -0.25) is 0 Å². The molecule has 0 radical (unpaired) electrons. The average Bonchev–Trinajstić information content (AvgIpc) is 2.86. The first-order valence-electron chi connectivity index (χ1n) is 10.6. The molecule has 8 heteroatoms. The highest BCUT2D eigenvalue weighted by Crippen LogP contribution is 2.25.